The van der Waals surface area contributed by atoms with Crippen molar-refractivity contribution < 1.29 is 61.3 Å². The van der Waals surface area contributed by atoms with Gasteiger partial charge in [0.05, 0.1) is 6.54 Å². The maximum Gasteiger partial charge on any atom is 1.00 e. The molecule has 2 aliphatic heterocycles. The molecule has 0 unspecified atom stereocenters. The van der Waals surface area contributed by atoms with E-state index < -0.39 is 0 Å². The molecule has 0 aromatic heterocycles. The molecule has 0 amide bonds. The van der Waals surface area contributed by atoms with Crippen molar-refractivity contribution in [1.29, 1.82) is 0 Å². The van der Waals surface area contributed by atoms with Crippen LogP contribution in [0.5, 0.6) is 0 Å². The topological polar surface area (TPSA) is 49.9 Å². The molecule has 0 N–H and O–H groups in total. The van der Waals surface area contributed by atoms with Crippen LogP contribution in [0, 0.1) is 11.8 Å². The van der Waals surface area contributed by atoms with Crippen LogP contribution in [0.4, 0.5) is 0 Å². The molecule has 0 bridgehead atoms. The van der Waals surface area contributed by atoms with Crippen molar-refractivity contribution in [3.05, 3.63) is 0 Å². The van der Waals surface area contributed by atoms with Crippen molar-refractivity contribution in [1.82, 2.24) is 14.7 Å². The van der Waals surface area contributed by atoms with E-state index in [9.17, 15) is 9.90 Å². The van der Waals surface area contributed by atoms with Gasteiger partial charge in [0.25, 0.3) is 0 Å². The molecule has 2 aliphatic rings. The summed E-state index contributed by atoms with van der Waals surface area (Å²) in [5.41, 5.74) is 0. The molecule has 5 nitrogen and oxygen atoms in total. The van der Waals surface area contributed by atoms with Crippen molar-refractivity contribution >= 4 is 5.78 Å². The molecule has 128 valence electrons. The number of piperidine rings is 1. The summed E-state index contributed by atoms with van der Waals surface area (Å²) in [6.45, 7) is 13.0. The minimum absolute atomic E-state index is 0. The van der Waals surface area contributed by atoms with E-state index in [2.05, 4.69) is 14.7 Å². The van der Waals surface area contributed by atoms with E-state index in [1.807, 2.05) is 13.8 Å². The van der Waals surface area contributed by atoms with Gasteiger partial charge in [0.1, 0.15) is 5.78 Å². The SMILES string of the molecule is CC(C)C(=O)CN1CCC(CN2CCN(CC[O-])CC2)CC1.[K+]. The normalized spacial score (nSPS) is 22.3. The summed E-state index contributed by atoms with van der Waals surface area (Å²) in [4.78, 5) is 19.0. The fraction of sp³-hybridized carbons (Fsp3) is 0.941. The predicted molar refractivity (Wildman–Crippen MR) is 86.8 cm³/mol. The van der Waals surface area contributed by atoms with Gasteiger partial charge in [-0.2, -0.15) is 0 Å². The predicted octanol–water partition coefficient (Wildman–Crippen LogP) is -3.09. The van der Waals surface area contributed by atoms with E-state index >= 15 is 0 Å². The second-order valence-electron chi connectivity index (χ2n) is 7.19. The number of rotatable bonds is 7. The first-order valence-corrected chi connectivity index (χ1v) is 8.86. The van der Waals surface area contributed by atoms with E-state index in [1.165, 1.54) is 19.4 Å². The number of carbonyl (C=O) groups excluding carboxylic acids is 1. The fourth-order valence-corrected chi connectivity index (χ4v) is 3.42. The van der Waals surface area contributed by atoms with Crippen molar-refractivity contribution in [3.63, 3.8) is 0 Å². The number of hydrogen-bond donors (Lipinski definition) is 0. The summed E-state index contributed by atoms with van der Waals surface area (Å²) in [6, 6.07) is 0. The molecular weight excluding hydrogens is 317 g/mol. The Labute approximate surface area is 184 Å². The Hall–Kier alpha value is 1.15. The van der Waals surface area contributed by atoms with Crippen LogP contribution >= 0.6 is 0 Å². The third-order valence-electron chi connectivity index (χ3n) is 5.12. The molecule has 0 radical (unpaired) electrons. The van der Waals surface area contributed by atoms with Gasteiger partial charge < -0.3 is 14.9 Å². The number of carbonyl (C=O) groups is 1. The van der Waals surface area contributed by atoms with Gasteiger partial charge in [0, 0.05) is 38.6 Å². The number of ketones is 1. The number of Topliss-reactive ketones (excluding diaryl/α,β-unsaturated/α-hetero) is 1. The Balaban J connectivity index is 0.00000264. The quantitative estimate of drug-likeness (QED) is 0.456. The molecule has 0 aliphatic carbocycles. The molecule has 0 aromatic carbocycles. The Morgan fingerprint density at radius 1 is 1.00 bits per heavy atom. The van der Waals surface area contributed by atoms with Gasteiger partial charge in [-0.3, -0.25) is 9.69 Å². The van der Waals surface area contributed by atoms with Crippen LogP contribution in [-0.2, 0) is 4.79 Å². The van der Waals surface area contributed by atoms with Gasteiger partial charge in [-0.1, -0.05) is 13.8 Å². The maximum absolute atomic E-state index is 11.8. The first kappa shape index (κ1) is 22.2. The first-order chi connectivity index (χ1) is 10.6. The van der Waals surface area contributed by atoms with Crippen LogP contribution in [0.1, 0.15) is 26.7 Å². The van der Waals surface area contributed by atoms with Gasteiger partial charge in [-0.05, 0) is 38.4 Å². The molecule has 23 heavy (non-hydrogen) atoms. The first-order valence-electron chi connectivity index (χ1n) is 8.86. The average Bonchev–Trinajstić information content (AvgIpc) is 2.51. The molecule has 2 saturated heterocycles. The number of nitrogens with zero attached hydrogens (tertiary/aromatic N) is 3. The Bertz CT molecular complexity index is 339. The van der Waals surface area contributed by atoms with Crippen LogP contribution in [0.2, 0.25) is 0 Å². The van der Waals surface area contributed by atoms with Gasteiger partial charge in [0.15, 0.2) is 0 Å². The Morgan fingerprint density at radius 2 is 1.57 bits per heavy atom. The number of likely N-dealkylation sites (tertiary alicyclic amines) is 1. The van der Waals surface area contributed by atoms with E-state index in [0.717, 1.165) is 45.2 Å². The fourth-order valence-electron chi connectivity index (χ4n) is 3.42. The zero-order chi connectivity index (χ0) is 15.9. The van der Waals surface area contributed by atoms with Crippen molar-refractivity contribution in [2.75, 3.05) is 65.5 Å². The summed E-state index contributed by atoms with van der Waals surface area (Å²) in [5, 5.41) is 10.7. The molecule has 2 rings (SSSR count). The van der Waals surface area contributed by atoms with Crippen molar-refractivity contribution in [2.24, 2.45) is 11.8 Å². The standard InChI is InChI=1S/C17H32N3O2.K/c1-15(2)17(22)14-19-5-3-16(4-6-19)13-20-9-7-18(8-10-20)11-12-21;/h15-16H,3-14H2,1-2H3;/q-1;+1. The summed E-state index contributed by atoms with van der Waals surface area (Å²) >= 11 is 0. The summed E-state index contributed by atoms with van der Waals surface area (Å²) in [5.74, 6) is 1.30. The second-order valence-corrected chi connectivity index (χ2v) is 7.19. The van der Waals surface area contributed by atoms with Crippen molar-refractivity contribution in [3.8, 4) is 0 Å². The van der Waals surface area contributed by atoms with Gasteiger partial charge in [-0.15, -0.1) is 6.61 Å². The van der Waals surface area contributed by atoms with E-state index in [4.69, 9.17) is 0 Å². The largest absolute Gasteiger partial charge is 1.00 e. The van der Waals surface area contributed by atoms with Crippen LogP contribution < -0.4 is 56.5 Å². The van der Waals surface area contributed by atoms with Gasteiger partial charge in [-0.25, -0.2) is 0 Å². The number of hydrogen-bond acceptors (Lipinski definition) is 5. The Morgan fingerprint density at radius 3 is 2.09 bits per heavy atom. The van der Waals surface area contributed by atoms with Crippen molar-refractivity contribution in [2.45, 2.75) is 26.7 Å². The Kier molecular flexibility index (Phi) is 11.3. The number of piperazine rings is 1. The third kappa shape index (κ3) is 7.92. The molecule has 0 atom stereocenters. The zero-order valence-electron chi connectivity index (χ0n) is 15.3. The summed E-state index contributed by atoms with van der Waals surface area (Å²) in [6.07, 6.45) is 2.43. The van der Waals surface area contributed by atoms with Crippen LogP contribution in [0.3, 0.4) is 0 Å². The molecule has 0 spiro atoms. The van der Waals surface area contributed by atoms with Crippen LogP contribution in [0.25, 0.3) is 0 Å². The third-order valence-corrected chi connectivity index (χ3v) is 5.12. The van der Waals surface area contributed by atoms with Gasteiger partial charge in [0.2, 0.25) is 0 Å². The summed E-state index contributed by atoms with van der Waals surface area (Å²) in [7, 11) is 0. The van der Waals surface area contributed by atoms with E-state index in [-0.39, 0.29) is 63.9 Å². The molecule has 6 heteroatoms. The second kappa shape index (κ2) is 11.7. The maximum atomic E-state index is 11.8. The van der Waals surface area contributed by atoms with E-state index in [1.54, 1.807) is 0 Å². The summed E-state index contributed by atoms with van der Waals surface area (Å²) < 4.78 is 0. The minimum atomic E-state index is 0. The average molecular weight is 350 g/mol. The molecule has 2 heterocycles. The molecular formula is C17H32KN3O2. The molecule has 0 aromatic rings. The smallest absolute Gasteiger partial charge is 0.854 e. The van der Waals surface area contributed by atoms with Gasteiger partial charge >= 0.3 is 51.4 Å². The van der Waals surface area contributed by atoms with Crippen LogP contribution in [-0.4, -0.2) is 86.0 Å². The monoisotopic (exact) mass is 349 g/mol. The molecule has 0 saturated carbocycles. The van der Waals surface area contributed by atoms with Crippen LogP contribution in [0.15, 0.2) is 0 Å². The molecule has 2 fully saturated rings. The van der Waals surface area contributed by atoms with E-state index in [0.29, 0.717) is 18.9 Å². The zero-order valence-corrected chi connectivity index (χ0v) is 18.4. The minimum Gasteiger partial charge on any atom is -0.854 e.